The van der Waals surface area contributed by atoms with Crippen molar-refractivity contribution in [1.29, 1.82) is 0 Å². The van der Waals surface area contributed by atoms with E-state index in [2.05, 4.69) is 40.8 Å². The third-order valence-corrected chi connectivity index (χ3v) is 15.0. The minimum Gasteiger partial charge on any atom is -0.468 e. The summed E-state index contributed by atoms with van der Waals surface area (Å²) in [6.45, 7) is 17.0. The highest BCUT2D eigenvalue weighted by Crippen LogP contribution is 2.41. The van der Waals surface area contributed by atoms with Gasteiger partial charge in [0, 0.05) is 48.7 Å². The number of likely N-dealkylation sites (tertiary alicyclic amines) is 1. The zero-order valence-corrected chi connectivity index (χ0v) is 29.8. The number of halogens is 1. The summed E-state index contributed by atoms with van der Waals surface area (Å²) >= 11 is 0. The third kappa shape index (κ3) is 6.58. The van der Waals surface area contributed by atoms with Gasteiger partial charge in [-0.3, -0.25) is 9.59 Å². The van der Waals surface area contributed by atoms with Crippen LogP contribution < -0.4 is 4.90 Å². The fourth-order valence-corrected chi connectivity index (χ4v) is 7.42. The number of fused-ring (bicyclic) bond motifs is 1. The Morgan fingerprint density at radius 2 is 1.87 bits per heavy atom. The number of anilines is 1. The predicted octanol–water partition coefficient (Wildman–Crippen LogP) is 6.89. The molecule has 0 saturated carbocycles. The molecule has 9 nitrogen and oxygen atoms in total. The van der Waals surface area contributed by atoms with Crippen molar-refractivity contribution in [1.82, 2.24) is 19.5 Å². The molecule has 0 aliphatic carbocycles. The maximum absolute atomic E-state index is 15.8. The Bertz CT molecular complexity index is 1600. The number of carbonyl (C=O) groups is 2. The normalized spacial score (nSPS) is 21.1. The number of amides is 1. The van der Waals surface area contributed by atoms with Crippen LogP contribution in [0, 0.1) is 11.2 Å². The molecule has 1 unspecified atom stereocenters. The summed E-state index contributed by atoms with van der Waals surface area (Å²) in [5, 5.41) is 4.72. The first-order valence-electron chi connectivity index (χ1n) is 16.7. The SMILES string of the molecule is CCc1cc(C(=O)N2CCCCC[C@H]2C)nc2cc(-c3ccc(N4CCC(CO[Si](C)(C)C(C)(C)C)(C(=O)OC)C4)cc3F)nn12. The maximum Gasteiger partial charge on any atom is 0.315 e. The molecule has 0 bridgehead atoms. The van der Waals surface area contributed by atoms with Gasteiger partial charge < -0.3 is 19.0 Å². The Morgan fingerprint density at radius 3 is 2.54 bits per heavy atom. The van der Waals surface area contributed by atoms with Crippen LogP contribution in [0.5, 0.6) is 0 Å². The van der Waals surface area contributed by atoms with Crippen LogP contribution in [0.3, 0.4) is 0 Å². The molecule has 3 aromatic rings. The largest absolute Gasteiger partial charge is 0.468 e. The van der Waals surface area contributed by atoms with Crippen molar-refractivity contribution >= 4 is 31.5 Å². The quantitative estimate of drug-likeness (QED) is 0.194. The number of aromatic nitrogens is 3. The van der Waals surface area contributed by atoms with Crippen molar-refractivity contribution in [2.45, 2.75) is 97.3 Å². The zero-order chi connectivity index (χ0) is 33.4. The molecule has 2 atom stereocenters. The molecular weight excluding hydrogens is 602 g/mol. The molecule has 0 N–H and O–H groups in total. The van der Waals surface area contributed by atoms with Crippen LogP contribution in [0.2, 0.25) is 18.1 Å². The molecule has 0 radical (unpaired) electrons. The highest BCUT2D eigenvalue weighted by molar-refractivity contribution is 6.74. The highest BCUT2D eigenvalue weighted by atomic mass is 28.4. The number of methoxy groups -OCH3 is 1. The second-order valence-electron chi connectivity index (χ2n) is 14.6. The van der Waals surface area contributed by atoms with E-state index >= 15 is 4.39 Å². The van der Waals surface area contributed by atoms with Gasteiger partial charge in [-0.05, 0) is 75.0 Å². The van der Waals surface area contributed by atoms with Crippen LogP contribution in [-0.4, -0.2) is 79.1 Å². The maximum atomic E-state index is 15.8. The summed E-state index contributed by atoms with van der Waals surface area (Å²) < 4.78 is 29.3. The van der Waals surface area contributed by atoms with Crippen LogP contribution >= 0.6 is 0 Å². The molecule has 2 aliphatic heterocycles. The summed E-state index contributed by atoms with van der Waals surface area (Å²) in [5.74, 6) is -0.771. The fourth-order valence-electron chi connectivity index (χ4n) is 6.35. The molecule has 2 fully saturated rings. The summed E-state index contributed by atoms with van der Waals surface area (Å²) in [5.41, 5.74) is 2.44. The smallest absolute Gasteiger partial charge is 0.315 e. The van der Waals surface area contributed by atoms with Gasteiger partial charge in [0.15, 0.2) is 14.0 Å². The highest BCUT2D eigenvalue weighted by Gasteiger charge is 2.49. The number of ether oxygens (including phenoxy) is 1. The number of esters is 1. The van der Waals surface area contributed by atoms with E-state index in [0.29, 0.717) is 54.2 Å². The number of benzene rings is 1. The lowest BCUT2D eigenvalue weighted by Crippen LogP contribution is -2.47. The van der Waals surface area contributed by atoms with Gasteiger partial charge in [0.2, 0.25) is 0 Å². The number of hydrogen-bond acceptors (Lipinski definition) is 7. The minimum absolute atomic E-state index is 0.00923. The standard InChI is InChI=1S/C35H50FN5O4Si/c1-9-25-20-30(32(42)40-17-12-10-11-13-24(40)2)37-31-21-29(38-41(25)31)27-15-14-26(19-28(27)36)39-18-16-35(22-39,33(43)44-6)23-45-46(7,8)34(3,4)5/h14-15,19-21,24H,9-13,16-18,22-23H2,1-8H3/t24-,35?/m1/s1. The second-order valence-corrected chi connectivity index (χ2v) is 19.4. The number of nitrogens with zero attached hydrogens (tertiary/aromatic N) is 5. The Morgan fingerprint density at radius 1 is 1.11 bits per heavy atom. The molecule has 2 aliphatic rings. The summed E-state index contributed by atoms with van der Waals surface area (Å²) in [6, 6.07) is 8.84. The Hall–Kier alpha value is -3.31. The van der Waals surface area contributed by atoms with Crippen LogP contribution in [0.1, 0.15) is 82.9 Å². The lowest BCUT2D eigenvalue weighted by Gasteiger charge is -2.39. The number of carbonyl (C=O) groups excluding carboxylic acids is 2. The molecule has 250 valence electrons. The Balaban J connectivity index is 1.39. The van der Waals surface area contributed by atoms with Crippen molar-refractivity contribution in [2.75, 3.05) is 38.3 Å². The molecule has 4 heterocycles. The summed E-state index contributed by atoms with van der Waals surface area (Å²) in [6.07, 6.45) is 5.46. The monoisotopic (exact) mass is 651 g/mol. The van der Waals surface area contributed by atoms with Crippen LogP contribution in [0.4, 0.5) is 10.1 Å². The van der Waals surface area contributed by atoms with Crippen molar-refractivity contribution < 1.29 is 23.1 Å². The van der Waals surface area contributed by atoms with Gasteiger partial charge in [-0.15, -0.1) is 0 Å². The van der Waals surface area contributed by atoms with Gasteiger partial charge in [-0.1, -0.05) is 40.5 Å². The molecule has 1 aromatic carbocycles. The number of aryl methyl sites for hydroxylation is 1. The van der Waals surface area contributed by atoms with Crippen molar-refractivity contribution in [3.63, 3.8) is 0 Å². The first kappa shape index (κ1) is 34.0. The van der Waals surface area contributed by atoms with E-state index < -0.39 is 19.5 Å². The van der Waals surface area contributed by atoms with E-state index in [0.717, 1.165) is 37.9 Å². The lowest BCUT2D eigenvalue weighted by molar-refractivity contribution is -0.153. The van der Waals surface area contributed by atoms with E-state index in [1.54, 1.807) is 16.6 Å². The van der Waals surface area contributed by atoms with E-state index in [1.165, 1.54) is 13.2 Å². The molecule has 2 aromatic heterocycles. The molecule has 0 spiro atoms. The van der Waals surface area contributed by atoms with Gasteiger partial charge in [0.25, 0.3) is 5.91 Å². The Labute approximate surface area is 273 Å². The average molecular weight is 652 g/mol. The summed E-state index contributed by atoms with van der Waals surface area (Å²) in [4.78, 5) is 35.3. The molecule has 11 heteroatoms. The average Bonchev–Trinajstić information content (AvgIpc) is 3.59. The van der Waals surface area contributed by atoms with Gasteiger partial charge >= 0.3 is 5.97 Å². The third-order valence-electron chi connectivity index (χ3n) is 10.5. The number of hydrogen-bond donors (Lipinski definition) is 0. The molecule has 5 rings (SSSR count). The van der Waals surface area contributed by atoms with Crippen molar-refractivity contribution in [2.24, 2.45) is 5.41 Å². The van der Waals surface area contributed by atoms with E-state index in [9.17, 15) is 9.59 Å². The summed E-state index contributed by atoms with van der Waals surface area (Å²) in [7, 11) is -0.688. The number of rotatable bonds is 8. The van der Waals surface area contributed by atoms with Gasteiger partial charge in [-0.2, -0.15) is 5.10 Å². The molecule has 2 saturated heterocycles. The zero-order valence-electron chi connectivity index (χ0n) is 28.8. The van der Waals surface area contributed by atoms with E-state index in [4.69, 9.17) is 19.2 Å². The molecular formula is C35H50FN5O4Si. The topological polar surface area (TPSA) is 89.3 Å². The molecule has 46 heavy (non-hydrogen) atoms. The molecule has 1 amide bonds. The van der Waals surface area contributed by atoms with Crippen molar-refractivity contribution in [3.05, 3.63) is 47.5 Å². The van der Waals surface area contributed by atoms with E-state index in [-0.39, 0.29) is 29.6 Å². The van der Waals surface area contributed by atoms with Gasteiger partial charge in [0.1, 0.15) is 16.9 Å². The van der Waals surface area contributed by atoms with Crippen molar-refractivity contribution in [3.8, 4) is 11.3 Å². The fraction of sp³-hybridized carbons (Fsp3) is 0.600. The predicted molar refractivity (Wildman–Crippen MR) is 181 cm³/mol. The first-order chi connectivity index (χ1) is 21.7. The first-order valence-corrected chi connectivity index (χ1v) is 19.6. The van der Waals surface area contributed by atoms with Gasteiger partial charge in [-0.25, -0.2) is 13.9 Å². The minimum atomic E-state index is -2.10. The lowest BCUT2D eigenvalue weighted by atomic mass is 9.88. The van der Waals surface area contributed by atoms with Crippen LogP contribution in [0.25, 0.3) is 16.9 Å². The Kier molecular flexibility index (Phi) is 9.66. The van der Waals surface area contributed by atoms with Gasteiger partial charge in [0.05, 0.1) is 19.4 Å². The second kappa shape index (κ2) is 13.1. The van der Waals surface area contributed by atoms with E-state index in [1.807, 2.05) is 28.9 Å². The van der Waals surface area contributed by atoms with Crippen LogP contribution in [-0.2, 0) is 20.4 Å². The van der Waals surface area contributed by atoms with Crippen LogP contribution in [0.15, 0.2) is 30.3 Å².